The quantitative estimate of drug-likeness (QED) is 0.135. The van der Waals surface area contributed by atoms with Crippen molar-refractivity contribution in [1.82, 2.24) is 14.7 Å². The fourth-order valence-electron chi connectivity index (χ4n) is 4.33. The second-order valence-corrected chi connectivity index (χ2v) is 11.0. The summed E-state index contributed by atoms with van der Waals surface area (Å²) >= 11 is 6.96. The van der Waals surface area contributed by atoms with Crippen LogP contribution in [0.25, 0.3) is 23.0 Å². The minimum Gasteiger partial charge on any atom is -0.494 e. The molecule has 37 heavy (non-hydrogen) atoms. The molecule has 0 spiro atoms. The highest BCUT2D eigenvalue weighted by Crippen LogP contribution is 2.36. The van der Waals surface area contributed by atoms with Gasteiger partial charge < -0.3 is 4.74 Å². The van der Waals surface area contributed by atoms with Crippen molar-refractivity contribution < 1.29 is 9.53 Å². The van der Waals surface area contributed by atoms with Gasteiger partial charge in [-0.25, -0.2) is 4.68 Å². The Morgan fingerprint density at radius 3 is 2.54 bits per heavy atom. The van der Waals surface area contributed by atoms with E-state index in [0.717, 1.165) is 53.1 Å². The number of ether oxygens (including phenoxy) is 1. The van der Waals surface area contributed by atoms with Gasteiger partial charge in [-0.15, -0.1) is 0 Å². The molecule has 0 saturated carbocycles. The van der Waals surface area contributed by atoms with Gasteiger partial charge in [-0.2, -0.15) is 5.10 Å². The number of aromatic nitrogens is 2. The molecule has 1 aromatic heterocycles. The predicted molar refractivity (Wildman–Crippen MR) is 158 cm³/mol. The zero-order chi connectivity index (χ0) is 26.2. The first-order chi connectivity index (χ1) is 18.0. The van der Waals surface area contributed by atoms with Crippen LogP contribution in [0, 0.1) is 6.92 Å². The molecule has 0 N–H and O–H groups in total. The van der Waals surface area contributed by atoms with Gasteiger partial charge in [0.1, 0.15) is 15.8 Å². The lowest BCUT2D eigenvalue weighted by molar-refractivity contribution is -0.122. The van der Waals surface area contributed by atoms with Crippen molar-refractivity contribution in [3.63, 3.8) is 0 Å². The highest BCUT2D eigenvalue weighted by Gasteiger charge is 2.32. The summed E-state index contributed by atoms with van der Waals surface area (Å²) in [5.74, 6) is 0.843. The number of hydrogen-bond donors (Lipinski definition) is 0. The molecule has 0 unspecified atom stereocenters. The van der Waals surface area contributed by atoms with Gasteiger partial charge in [0.15, 0.2) is 0 Å². The Kier molecular flexibility index (Phi) is 9.58. The number of hydrogen-bond acceptors (Lipinski definition) is 5. The number of thioether (sulfide) groups is 1. The molecular formula is C30H35N3O2S2. The van der Waals surface area contributed by atoms with Crippen molar-refractivity contribution in [3.8, 4) is 22.7 Å². The summed E-state index contributed by atoms with van der Waals surface area (Å²) in [6, 6.07) is 16.1. The zero-order valence-corrected chi connectivity index (χ0v) is 23.5. The topological polar surface area (TPSA) is 47.4 Å². The van der Waals surface area contributed by atoms with Gasteiger partial charge in [0.05, 0.1) is 17.2 Å². The van der Waals surface area contributed by atoms with E-state index in [1.54, 1.807) is 4.90 Å². The second-order valence-electron chi connectivity index (χ2n) is 9.29. The van der Waals surface area contributed by atoms with E-state index in [2.05, 4.69) is 26.8 Å². The third kappa shape index (κ3) is 6.70. The van der Waals surface area contributed by atoms with Crippen molar-refractivity contribution in [2.75, 3.05) is 13.2 Å². The van der Waals surface area contributed by atoms with Gasteiger partial charge >= 0.3 is 0 Å². The molecule has 0 atom stereocenters. The number of unbranched alkanes of at least 4 members (excludes halogenated alkanes) is 4. The third-order valence-corrected chi connectivity index (χ3v) is 7.71. The molecule has 7 heteroatoms. The summed E-state index contributed by atoms with van der Waals surface area (Å²) in [6.07, 6.45) is 10.6. The number of aryl methyl sites for hydroxylation is 1. The molecule has 194 valence electrons. The van der Waals surface area contributed by atoms with E-state index in [-0.39, 0.29) is 5.91 Å². The smallest absolute Gasteiger partial charge is 0.266 e. The first-order valence-electron chi connectivity index (χ1n) is 13.2. The van der Waals surface area contributed by atoms with Crippen LogP contribution in [0.1, 0.15) is 63.5 Å². The SMILES string of the molecule is CCCCCCCN1C(=O)/C(=C/c2cn(-c3ccccc3)nc2-c2ccc(OCCC)cc2C)SC1=S. The van der Waals surface area contributed by atoms with E-state index in [1.807, 2.05) is 59.4 Å². The van der Waals surface area contributed by atoms with Crippen LogP contribution in [-0.4, -0.2) is 38.1 Å². The van der Waals surface area contributed by atoms with Crippen LogP contribution in [0.15, 0.2) is 59.6 Å². The molecule has 0 bridgehead atoms. The van der Waals surface area contributed by atoms with Crippen LogP contribution in [-0.2, 0) is 4.79 Å². The maximum absolute atomic E-state index is 13.3. The van der Waals surface area contributed by atoms with E-state index in [9.17, 15) is 4.79 Å². The molecule has 0 radical (unpaired) electrons. The Labute approximate surface area is 229 Å². The standard InChI is InChI=1S/C30H35N3O2S2/c1-4-6-7-8-12-17-32-29(34)27(37-30(32)36)20-23-21-33(24-13-10-9-11-14-24)31-28(23)26-16-15-25(19-22(26)3)35-18-5-2/h9-11,13-16,19-21H,4-8,12,17-18H2,1-3H3/b27-20-. The Morgan fingerprint density at radius 1 is 1.03 bits per heavy atom. The third-order valence-electron chi connectivity index (χ3n) is 6.33. The van der Waals surface area contributed by atoms with Crippen molar-refractivity contribution in [2.45, 2.75) is 59.3 Å². The van der Waals surface area contributed by atoms with E-state index in [1.165, 1.54) is 31.0 Å². The lowest BCUT2D eigenvalue weighted by Gasteiger charge is -2.13. The molecule has 1 fully saturated rings. The van der Waals surface area contributed by atoms with Crippen LogP contribution in [0.2, 0.25) is 0 Å². The number of para-hydroxylation sites is 1. The van der Waals surface area contributed by atoms with Crippen LogP contribution >= 0.6 is 24.0 Å². The summed E-state index contributed by atoms with van der Waals surface area (Å²) in [7, 11) is 0. The number of amides is 1. The van der Waals surface area contributed by atoms with E-state index >= 15 is 0 Å². The van der Waals surface area contributed by atoms with Crippen molar-refractivity contribution in [2.24, 2.45) is 0 Å². The number of benzene rings is 2. The molecule has 0 aliphatic carbocycles. The van der Waals surface area contributed by atoms with Crippen LogP contribution in [0.3, 0.4) is 0 Å². The van der Waals surface area contributed by atoms with Gasteiger partial charge in [0.2, 0.25) is 0 Å². The molecule has 5 nitrogen and oxygen atoms in total. The number of carbonyl (C=O) groups is 1. The maximum atomic E-state index is 13.3. The van der Waals surface area contributed by atoms with Gasteiger partial charge in [-0.05, 0) is 61.7 Å². The summed E-state index contributed by atoms with van der Waals surface area (Å²) in [5, 5.41) is 4.95. The normalized spacial score (nSPS) is 14.7. The summed E-state index contributed by atoms with van der Waals surface area (Å²) in [5.41, 5.74) is 4.76. The number of carbonyl (C=O) groups excluding carboxylic acids is 1. The molecule has 4 rings (SSSR count). The van der Waals surface area contributed by atoms with Crippen LogP contribution < -0.4 is 4.74 Å². The van der Waals surface area contributed by atoms with E-state index in [0.29, 0.717) is 22.4 Å². The van der Waals surface area contributed by atoms with Crippen molar-refractivity contribution in [3.05, 3.63) is 70.8 Å². The number of thiocarbonyl (C=S) groups is 1. The lowest BCUT2D eigenvalue weighted by atomic mass is 10.0. The fourth-order valence-corrected chi connectivity index (χ4v) is 5.63. The first kappa shape index (κ1) is 27.1. The monoisotopic (exact) mass is 533 g/mol. The van der Waals surface area contributed by atoms with Gasteiger partial charge in [0, 0.05) is 23.9 Å². The van der Waals surface area contributed by atoms with Gasteiger partial charge in [-0.1, -0.05) is 81.7 Å². The average molecular weight is 534 g/mol. The molecule has 2 heterocycles. The van der Waals surface area contributed by atoms with Gasteiger partial charge in [0.25, 0.3) is 5.91 Å². The molecule has 1 amide bonds. The molecule has 3 aromatic rings. The number of rotatable bonds is 12. The molecular weight excluding hydrogens is 498 g/mol. The second kappa shape index (κ2) is 13.1. The predicted octanol–water partition coefficient (Wildman–Crippen LogP) is 7.81. The average Bonchev–Trinajstić information content (AvgIpc) is 3.43. The zero-order valence-electron chi connectivity index (χ0n) is 21.9. The lowest BCUT2D eigenvalue weighted by Crippen LogP contribution is -2.29. The van der Waals surface area contributed by atoms with E-state index < -0.39 is 0 Å². The minimum absolute atomic E-state index is 0.0102. The summed E-state index contributed by atoms with van der Waals surface area (Å²) in [4.78, 5) is 15.7. The first-order valence-corrected chi connectivity index (χ1v) is 14.4. The molecule has 1 aliphatic rings. The van der Waals surface area contributed by atoms with Crippen LogP contribution in [0.4, 0.5) is 0 Å². The highest BCUT2D eigenvalue weighted by molar-refractivity contribution is 8.26. The molecule has 2 aromatic carbocycles. The van der Waals surface area contributed by atoms with Crippen LogP contribution in [0.5, 0.6) is 5.75 Å². The van der Waals surface area contributed by atoms with Gasteiger partial charge in [-0.3, -0.25) is 9.69 Å². The minimum atomic E-state index is -0.0102. The van der Waals surface area contributed by atoms with Crippen molar-refractivity contribution >= 4 is 40.3 Å². The molecule has 1 aliphatic heterocycles. The fraction of sp³-hybridized carbons (Fsp3) is 0.367. The highest BCUT2D eigenvalue weighted by atomic mass is 32.2. The Morgan fingerprint density at radius 2 is 1.81 bits per heavy atom. The maximum Gasteiger partial charge on any atom is 0.266 e. The molecule has 1 saturated heterocycles. The Balaban J connectivity index is 1.65. The van der Waals surface area contributed by atoms with E-state index in [4.69, 9.17) is 22.1 Å². The number of nitrogens with zero attached hydrogens (tertiary/aromatic N) is 3. The largest absolute Gasteiger partial charge is 0.494 e. The summed E-state index contributed by atoms with van der Waals surface area (Å²) in [6.45, 7) is 7.74. The van der Waals surface area contributed by atoms with Crippen molar-refractivity contribution in [1.29, 1.82) is 0 Å². The Hall–Kier alpha value is -2.90. The Bertz CT molecular complexity index is 1270. The summed E-state index contributed by atoms with van der Waals surface area (Å²) < 4.78 is 8.33.